The highest BCUT2D eigenvalue weighted by atomic mass is 35.5. The lowest BCUT2D eigenvalue weighted by atomic mass is 10.2. The minimum atomic E-state index is -1.42. The van der Waals surface area contributed by atoms with Crippen LogP contribution >= 0.6 is 11.6 Å². The van der Waals surface area contributed by atoms with Crippen LogP contribution in [-0.4, -0.2) is 44.2 Å². The molecule has 0 radical (unpaired) electrons. The van der Waals surface area contributed by atoms with Crippen molar-refractivity contribution in [1.82, 2.24) is 0 Å². The first-order valence-corrected chi connectivity index (χ1v) is 11.4. The second kappa shape index (κ2) is 13.4. The predicted octanol–water partition coefficient (Wildman–Crippen LogP) is 5.61. The van der Waals surface area contributed by atoms with E-state index in [9.17, 15) is 9.59 Å². The summed E-state index contributed by atoms with van der Waals surface area (Å²) in [6.07, 6.45) is 0. The standard InChI is InChI=1S/C24H30ClN3O6/c1-6-31-16-10-12-19(32-7-2)18(14-16)27-28-21(15(5)29)24(30)26-22-17(25)11-13-20(33-8-3)23(22)34-9-4/h10-14,21H,6-9H2,1-5H3,(H,26,30). The van der Waals surface area contributed by atoms with Crippen LogP contribution in [0.3, 0.4) is 0 Å². The molecule has 1 atom stereocenters. The van der Waals surface area contributed by atoms with Gasteiger partial charge in [-0.25, -0.2) is 0 Å². The van der Waals surface area contributed by atoms with Crippen molar-refractivity contribution in [2.45, 2.75) is 40.7 Å². The third-order valence-corrected chi connectivity index (χ3v) is 4.68. The Bertz CT molecular complexity index is 1030. The van der Waals surface area contributed by atoms with Gasteiger partial charge in [-0.3, -0.25) is 9.59 Å². The van der Waals surface area contributed by atoms with E-state index in [1.807, 2.05) is 20.8 Å². The number of benzene rings is 2. The second-order valence-electron chi connectivity index (χ2n) is 6.83. The number of nitrogens with one attached hydrogen (secondary N) is 1. The first kappa shape index (κ1) is 26.9. The topological polar surface area (TPSA) is 108 Å². The number of amides is 1. The maximum atomic E-state index is 13.0. The highest BCUT2D eigenvalue weighted by Gasteiger charge is 2.26. The quantitative estimate of drug-likeness (QED) is 0.288. The fraction of sp³-hybridized carbons (Fsp3) is 0.417. The number of halogens is 1. The molecule has 0 bridgehead atoms. The zero-order chi connectivity index (χ0) is 25.1. The first-order valence-electron chi connectivity index (χ1n) is 11.1. The highest BCUT2D eigenvalue weighted by molar-refractivity contribution is 6.34. The van der Waals surface area contributed by atoms with Gasteiger partial charge >= 0.3 is 0 Å². The molecule has 0 aliphatic rings. The molecule has 2 aromatic rings. The number of hydrogen-bond acceptors (Lipinski definition) is 8. The van der Waals surface area contributed by atoms with Crippen LogP contribution in [0.5, 0.6) is 23.0 Å². The van der Waals surface area contributed by atoms with Crippen molar-refractivity contribution < 1.29 is 28.5 Å². The fourth-order valence-corrected chi connectivity index (χ4v) is 3.15. The molecule has 0 aliphatic heterocycles. The molecule has 184 valence electrons. The molecule has 0 saturated heterocycles. The van der Waals surface area contributed by atoms with E-state index >= 15 is 0 Å². The van der Waals surface area contributed by atoms with E-state index in [1.54, 1.807) is 37.3 Å². The minimum absolute atomic E-state index is 0.189. The van der Waals surface area contributed by atoms with Crippen LogP contribution in [0.25, 0.3) is 0 Å². The van der Waals surface area contributed by atoms with Crippen molar-refractivity contribution >= 4 is 34.7 Å². The molecule has 0 heterocycles. The Morgan fingerprint density at radius 1 is 0.912 bits per heavy atom. The summed E-state index contributed by atoms with van der Waals surface area (Å²) in [4.78, 5) is 25.3. The number of Topliss-reactive ketones (excluding diaryl/α,β-unsaturated/α-hetero) is 1. The number of hydrogen-bond donors (Lipinski definition) is 1. The van der Waals surface area contributed by atoms with Crippen LogP contribution in [0.15, 0.2) is 40.6 Å². The predicted molar refractivity (Wildman–Crippen MR) is 130 cm³/mol. The Kier molecular flexibility index (Phi) is 10.6. The Morgan fingerprint density at radius 3 is 2.15 bits per heavy atom. The van der Waals surface area contributed by atoms with Gasteiger partial charge in [-0.05, 0) is 58.9 Å². The lowest BCUT2D eigenvalue weighted by Crippen LogP contribution is -2.32. The lowest BCUT2D eigenvalue weighted by molar-refractivity contribution is -0.126. The van der Waals surface area contributed by atoms with E-state index < -0.39 is 17.7 Å². The fourth-order valence-electron chi connectivity index (χ4n) is 2.95. The molecule has 1 amide bonds. The number of azo groups is 1. The molecule has 1 N–H and O–H groups in total. The average Bonchev–Trinajstić information content (AvgIpc) is 2.80. The Labute approximate surface area is 204 Å². The van der Waals surface area contributed by atoms with Gasteiger partial charge in [0, 0.05) is 6.07 Å². The summed E-state index contributed by atoms with van der Waals surface area (Å²) in [5.41, 5.74) is 0.521. The maximum absolute atomic E-state index is 13.0. The van der Waals surface area contributed by atoms with E-state index in [0.29, 0.717) is 49.4 Å². The van der Waals surface area contributed by atoms with Gasteiger partial charge in [0.25, 0.3) is 5.91 Å². The lowest BCUT2D eigenvalue weighted by Gasteiger charge is -2.18. The van der Waals surface area contributed by atoms with E-state index in [4.69, 9.17) is 30.5 Å². The number of ether oxygens (including phenoxy) is 4. The normalized spacial score (nSPS) is 11.7. The molecular formula is C24H30ClN3O6. The summed E-state index contributed by atoms with van der Waals surface area (Å²) in [5, 5.41) is 11.0. The van der Waals surface area contributed by atoms with E-state index in [1.165, 1.54) is 6.92 Å². The zero-order valence-corrected chi connectivity index (χ0v) is 20.8. The van der Waals surface area contributed by atoms with Crippen molar-refractivity contribution in [3.63, 3.8) is 0 Å². The van der Waals surface area contributed by atoms with Gasteiger partial charge in [0.2, 0.25) is 6.04 Å². The van der Waals surface area contributed by atoms with Gasteiger partial charge in [-0.15, -0.1) is 0 Å². The summed E-state index contributed by atoms with van der Waals surface area (Å²) in [6.45, 7) is 10.1. The third kappa shape index (κ3) is 7.08. The van der Waals surface area contributed by atoms with E-state index in [-0.39, 0.29) is 16.5 Å². The molecular weight excluding hydrogens is 462 g/mol. The van der Waals surface area contributed by atoms with Crippen LogP contribution in [0, 0.1) is 0 Å². The van der Waals surface area contributed by atoms with Gasteiger partial charge in [-0.1, -0.05) is 11.6 Å². The minimum Gasteiger partial charge on any atom is -0.494 e. The molecule has 0 aromatic heterocycles. The van der Waals surface area contributed by atoms with Crippen molar-refractivity contribution in [2.75, 3.05) is 31.7 Å². The van der Waals surface area contributed by atoms with E-state index in [0.717, 1.165) is 0 Å². The number of carbonyl (C=O) groups excluding carboxylic acids is 2. The monoisotopic (exact) mass is 491 g/mol. The summed E-state index contributed by atoms with van der Waals surface area (Å²) in [7, 11) is 0. The molecule has 10 heteroatoms. The zero-order valence-electron chi connectivity index (χ0n) is 20.0. The molecule has 0 aliphatic carbocycles. The molecule has 1 unspecified atom stereocenters. The van der Waals surface area contributed by atoms with Crippen molar-refractivity contribution in [3.05, 3.63) is 35.4 Å². The summed E-state index contributed by atoms with van der Waals surface area (Å²) in [5.74, 6) is 0.474. The van der Waals surface area contributed by atoms with Gasteiger partial charge < -0.3 is 24.3 Å². The number of rotatable bonds is 13. The SMILES string of the molecule is CCOc1ccc(OCC)c(N=NC(C(C)=O)C(=O)Nc2c(Cl)ccc(OCC)c2OCC)c1. The third-order valence-electron chi connectivity index (χ3n) is 4.36. The molecule has 34 heavy (non-hydrogen) atoms. The smallest absolute Gasteiger partial charge is 0.258 e. The Hall–Kier alpha value is -3.33. The largest absolute Gasteiger partial charge is 0.494 e. The molecule has 0 saturated carbocycles. The van der Waals surface area contributed by atoms with Crippen LogP contribution in [0.4, 0.5) is 11.4 Å². The number of carbonyl (C=O) groups is 2. The van der Waals surface area contributed by atoms with Gasteiger partial charge in [0.05, 0.1) is 31.5 Å². The first-order chi connectivity index (χ1) is 16.4. The van der Waals surface area contributed by atoms with Gasteiger partial charge in [0.15, 0.2) is 17.3 Å². The summed E-state index contributed by atoms with van der Waals surface area (Å²) in [6, 6.07) is 6.86. The number of nitrogens with zero attached hydrogens (tertiary/aromatic N) is 2. The molecule has 0 spiro atoms. The van der Waals surface area contributed by atoms with Crippen LogP contribution in [0.2, 0.25) is 5.02 Å². The summed E-state index contributed by atoms with van der Waals surface area (Å²) >= 11 is 6.32. The van der Waals surface area contributed by atoms with Crippen molar-refractivity contribution in [1.29, 1.82) is 0 Å². The Morgan fingerprint density at radius 2 is 1.53 bits per heavy atom. The Balaban J connectivity index is 2.38. The molecule has 9 nitrogen and oxygen atoms in total. The number of anilines is 1. The van der Waals surface area contributed by atoms with Gasteiger partial charge in [-0.2, -0.15) is 10.2 Å². The van der Waals surface area contributed by atoms with Crippen LogP contribution in [-0.2, 0) is 9.59 Å². The summed E-state index contributed by atoms with van der Waals surface area (Å²) < 4.78 is 22.3. The van der Waals surface area contributed by atoms with Crippen LogP contribution in [0.1, 0.15) is 34.6 Å². The van der Waals surface area contributed by atoms with Crippen LogP contribution < -0.4 is 24.3 Å². The van der Waals surface area contributed by atoms with Crippen molar-refractivity contribution in [2.24, 2.45) is 10.2 Å². The number of ketones is 1. The van der Waals surface area contributed by atoms with Gasteiger partial charge in [0.1, 0.15) is 22.9 Å². The second-order valence-corrected chi connectivity index (χ2v) is 7.24. The van der Waals surface area contributed by atoms with E-state index in [2.05, 4.69) is 15.5 Å². The van der Waals surface area contributed by atoms with Crippen molar-refractivity contribution in [3.8, 4) is 23.0 Å². The average molecular weight is 492 g/mol. The molecule has 2 aromatic carbocycles. The molecule has 2 rings (SSSR count). The maximum Gasteiger partial charge on any atom is 0.258 e. The highest BCUT2D eigenvalue weighted by Crippen LogP contribution is 2.41. The molecule has 0 fully saturated rings.